The molecule has 1 aromatic carbocycles. The lowest BCUT2D eigenvalue weighted by molar-refractivity contribution is -0.384. The predicted molar refractivity (Wildman–Crippen MR) is 76.7 cm³/mol. The molecule has 0 aliphatic carbocycles. The van der Waals surface area contributed by atoms with Crippen LogP contribution in [0.1, 0.15) is 5.56 Å². The molecule has 0 bridgehead atoms. The standard InChI is InChI=1S/C13H17N3O6/c17-12(18)7-14-6-10(15-8-13(19)20)5-9-1-3-11(4-2-9)16(21)22/h1-4,10,14-15H,5-8H2,(H,17,18)(H,19,20). The third-order valence-electron chi connectivity index (χ3n) is 2.84. The maximum Gasteiger partial charge on any atom is 0.317 e. The third kappa shape index (κ3) is 6.77. The van der Waals surface area contributed by atoms with Crippen molar-refractivity contribution in [3.63, 3.8) is 0 Å². The van der Waals surface area contributed by atoms with Crippen LogP contribution in [0, 0.1) is 10.1 Å². The van der Waals surface area contributed by atoms with Crippen LogP contribution >= 0.6 is 0 Å². The summed E-state index contributed by atoms with van der Waals surface area (Å²) in [5.74, 6) is -2.03. The lowest BCUT2D eigenvalue weighted by Crippen LogP contribution is -2.43. The normalized spacial score (nSPS) is 11.8. The second-order valence-electron chi connectivity index (χ2n) is 4.62. The minimum atomic E-state index is -1.02. The summed E-state index contributed by atoms with van der Waals surface area (Å²) in [5, 5.41) is 33.3. The SMILES string of the molecule is O=C(O)CNCC(Cc1ccc([N+](=O)[O-])cc1)NCC(=O)O. The number of hydrogen-bond acceptors (Lipinski definition) is 6. The molecule has 0 aliphatic rings. The molecule has 0 aliphatic heterocycles. The number of nitro groups is 1. The fourth-order valence-corrected chi connectivity index (χ4v) is 1.84. The Morgan fingerprint density at radius 3 is 2.23 bits per heavy atom. The highest BCUT2D eigenvalue weighted by Crippen LogP contribution is 2.13. The van der Waals surface area contributed by atoms with Crippen LogP contribution < -0.4 is 10.6 Å². The Hall–Kier alpha value is -2.52. The van der Waals surface area contributed by atoms with Crippen molar-refractivity contribution in [1.29, 1.82) is 0 Å². The summed E-state index contributed by atoms with van der Waals surface area (Å²) in [6, 6.07) is 5.61. The number of aliphatic carboxylic acids is 2. The van der Waals surface area contributed by atoms with Gasteiger partial charge in [0.2, 0.25) is 0 Å². The monoisotopic (exact) mass is 311 g/mol. The van der Waals surface area contributed by atoms with Gasteiger partial charge in [-0.05, 0) is 12.0 Å². The van der Waals surface area contributed by atoms with Gasteiger partial charge in [-0.1, -0.05) is 12.1 Å². The Morgan fingerprint density at radius 1 is 1.14 bits per heavy atom. The van der Waals surface area contributed by atoms with Crippen molar-refractivity contribution in [2.75, 3.05) is 19.6 Å². The average Bonchev–Trinajstić information content (AvgIpc) is 2.44. The highest BCUT2D eigenvalue weighted by atomic mass is 16.6. The minimum absolute atomic E-state index is 0.0252. The number of rotatable bonds is 10. The summed E-state index contributed by atoms with van der Waals surface area (Å²) in [5.41, 5.74) is 0.758. The van der Waals surface area contributed by atoms with Gasteiger partial charge in [-0.25, -0.2) is 0 Å². The second kappa shape index (κ2) is 8.70. The molecule has 1 aromatic rings. The number of benzene rings is 1. The maximum atomic E-state index is 10.6. The molecule has 4 N–H and O–H groups in total. The fourth-order valence-electron chi connectivity index (χ4n) is 1.84. The van der Waals surface area contributed by atoms with Gasteiger partial charge in [-0.2, -0.15) is 0 Å². The van der Waals surface area contributed by atoms with Crippen molar-refractivity contribution >= 4 is 17.6 Å². The molecule has 0 heterocycles. The maximum absolute atomic E-state index is 10.6. The van der Waals surface area contributed by atoms with Crippen molar-refractivity contribution < 1.29 is 24.7 Å². The summed E-state index contributed by atoms with van der Waals surface area (Å²) in [7, 11) is 0. The van der Waals surface area contributed by atoms with Crippen LogP contribution in [0.25, 0.3) is 0 Å². The van der Waals surface area contributed by atoms with Crippen LogP contribution in [0.5, 0.6) is 0 Å². The van der Waals surface area contributed by atoms with Crippen LogP contribution in [0.4, 0.5) is 5.69 Å². The van der Waals surface area contributed by atoms with Crippen molar-refractivity contribution in [3.05, 3.63) is 39.9 Å². The van der Waals surface area contributed by atoms with Crippen molar-refractivity contribution in [1.82, 2.24) is 10.6 Å². The van der Waals surface area contributed by atoms with Gasteiger partial charge in [0.05, 0.1) is 18.0 Å². The molecule has 0 fully saturated rings. The van der Waals surface area contributed by atoms with Gasteiger partial charge >= 0.3 is 11.9 Å². The van der Waals surface area contributed by atoms with E-state index in [0.717, 1.165) is 5.56 Å². The Balaban J connectivity index is 2.62. The molecule has 9 heteroatoms. The number of nitrogens with one attached hydrogen (secondary N) is 2. The molecule has 1 rings (SSSR count). The van der Waals surface area contributed by atoms with Crippen LogP contribution in [-0.4, -0.2) is 52.8 Å². The van der Waals surface area contributed by atoms with Gasteiger partial charge in [0.25, 0.3) is 5.69 Å². The zero-order valence-electron chi connectivity index (χ0n) is 11.7. The summed E-state index contributed by atoms with van der Waals surface area (Å²) in [6.07, 6.45) is 0.415. The number of non-ortho nitro benzene ring substituents is 1. The minimum Gasteiger partial charge on any atom is -0.480 e. The smallest absolute Gasteiger partial charge is 0.317 e. The Labute approximate surface area is 126 Å². The molecule has 120 valence electrons. The van der Waals surface area contributed by atoms with E-state index < -0.39 is 16.9 Å². The van der Waals surface area contributed by atoms with Gasteiger partial charge in [0.1, 0.15) is 0 Å². The molecular formula is C13H17N3O6. The topological polar surface area (TPSA) is 142 Å². The van der Waals surface area contributed by atoms with Crippen molar-refractivity contribution in [2.45, 2.75) is 12.5 Å². The molecule has 9 nitrogen and oxygen atoms in total. The molecule has 1 atom stereocenters. The van der Waals surface area contributed by atoms with Crippen LogP contribution in [-0.2, 0) is 16.0 Å². The number of carbonyl (C=O) groups is 2. The summed E-state index contributed by atoms with van der Waals surface area (Å²) >= 11 is 0. The Kier molecular flexibility index (Phi) is 6.93. The number of nitrogens with zero attached hydrogens (tertiary/aromatic N) is 1. The zero-order valence-corrected chi connectivity index (χ0v) is 11.7. The van der Waals surface area contributed by atoms with Gasteiger partial charge < -0.3 is 20.8 Å². The van der Waals surface area contributed by atoms with Crippen molar-refractivity contribution in [3.8, 4) is 0 Å². The quantitative estimate of drug-likeness (QED) is 0.345. The fraction of sp³-hybridized carbons (Fsp3) is 0.385. The molecular weight excluding hydrogens is 294 g/mol. The molecule has 0 radical (unpaired) electrons. The van der Waals surface area contributed by atoms with Gasteiger partial charge in [-0.15, -0.1) is 0 Å². The van der Waals surface area contributed by atoms with Gasteiger partial charge in [0.15, 0.2) is 0 Å². The first-order valence-corrected chi connectivity index (χ1v) is 6.49. The first-order chi connectivity index (χ1) is 10.4. The molecule has 22 heavy (non-hydrogen) atoms. The number of carboxylic acids is 2. The number of nitro benzene ring substituents is 1. The van der Waals surface area contributed by atoms with E-state index in [2.05, 4.69) is 10.6 Å². The van der Waals surface area contributed by atoms with E-state index in [9.17, 15) is 19.7 Å². The van der Waals surface area contributed by atoms with E-state index in [-0.39, 0.29) is 31.4 Å². The predicted octanol–water partition coefficient (Wildman–Crippen LogP) is -0.146. The van der Waals surface area contributed by atoms with E-state index in [0.29, 0.717) is 6.42 Å². The molecule has 0 spiro atoms. The molecule has 0 aromatic heterocycles. The summed E-state index contributed by atoms with van der Waals surface area (Å²) < 4.78 is 0. The average molecular weight is 311 g/mol. The van der Waals surface area contributed by atoms with Crippen LogP contribution in [0.3, 0.4) is 0 Å². The molecule has 0 amide bonds. The highest BCUT2D eigenvalue weighted by molar-refractivity contribution is 5.69. The number of carboxylic acid groups (broad SMARTS) is 2. The second-order valence-corrected chi connectivity index (χ2v) is 4.62. The van der Waals surface area contributed by atoms with E-state index in [1.165, 1.54) is 12.1 Å². The van der Waals surface area contributed by atoms with E-state index in [1.54, 1.807) is 12.1 Å². The molecule has 1 unspecified atom stereocenters. The van der Waals surface area contributed by atoms with Gasteiger partial charge in [0, 0.05) is 24.7 Å². The Morgan fingerprint density at radius 2 is 1.73 bits per heavy atom. The van der Waals surface area contributed by atoms with E-state index >= 15 is 0 Å². The molecule has 0 saturated heterocycles. The van der Waals surface area contributed by atoms with E-state index in [1.807, 2.05) is 0 Å². The number of hydrogen-bond donors (Lipinski definition) is 4. The van der Waals surface area contributed by atoms with Gasteiger partial charge in [-0.3, -0.25) is 19.7 Å². The lowest BCUT2D eigenvalue weighted by atomic mass is 10.1. The first kappa shape index (κ1) is 17.5. The third-order valence-corrected chi connectivity index (χ3v) is 2.84. The van der Waals surface area contributed by atoms with Crippen LogP contribution in [0.15, 0.2) is 24.3 Å². The largest absolute Gasteiger partial charge is 0.480 e. The van der Waals surface area contributed by atoms with E-state index in [4.69, 9.17) is 10.2 Å². The van der Waals surface area contributed by atoms with Crippen molar-refractivity contribution in [2.24, 2.45) is 0 Å². The summed E-state index contributed by atoms with van der Waals surface area (Å²) in [4.78, 5) is 31.1. The highest BCUT2D eigenvalue weighted by Gasteiger charge is 2.12. The van der Waals surface area contributed by atoms with Crippen LogP contribution in [0.2, 0.25) is 0 Å². The Bertz CT molecular complexity index is 531. The zero-order chi connectivity index (χ0) is 16.5. The molecule has 0 saturated carbocycles. The first-order valence-electron chi connectivity index (χ1n) is 6.49. The summed E-state index contributed by atoms with van der Waals surface area (Å²) in [6.45, 7) is -0.228. The lowest BCUT2D eigenvalue weighted by Gasteiger charge is -2.18.